The second-order valence-corrected chi connectivity index (χ2v) is 9.56. The zero-order chi connectivity index (χ0) is 16.4. The summed E-state index contributed by atoms with van der Waals surface area (Å²) < 4.78 is 27.6. The quantitative estimate of drug-likeness (QED) is 0.892. The monoisotopic (exact) mass is 329 g/mol. The Hall–Kier alpha value is -0.950. The van der Waals surface area contributed by atoms with Crippen molar-refractivity contribution in [1.82, 2.24) is 15.5 Å². The minimum atomic E-state index is -3.13. The van der Waals surface area contributed by atoms with Crippen LogP contribution in [0.1, 0.15) is 58.2 Å². The van der Waals surface area contributed by atoms with Gasteiger partial charge in [0.05, 0.1) is 6.54 Å². The van der Waals surface area contributed by atoms with E-state index >= 15 is 0 Å². The molecule has 1 aliphatic rings. The molecular weight excluding hydrogens is 302 g/mol. The van der Waals surface area contributed by atoms with E-state index in [1.54, 1.807) is 0 Å². The predicted molar refractivity (Wildman–Crippen MR) is 84.9 cm³/mol. The molecule has 0 amide bonds. The molecule has 2 atom stereocenters. The molecule has 1 aromatic heterocycles. The Kier molecular flexibility index (Phi) is 5.27. The average Bonchev–Trinajstić information content (AvgIpc) is 2.81. The van der Waals surface area contributed by atoms with Crippen molar-refractivity contribution in [2.45, 2.75) is 64.8 Å². The van der Waals surface area contributed by atoms with Crippen LogP contribution in [0.2, 0.25) is 0 Å². The Balaban J connectivity index is 1.94. The van der Waals surface area contributed by atoms with Crippen molar-refractivity contribution in [2.75, 3.05) is 6.26 Å². The van der Waals surface area contributed by atoms with E-state index in [4.69, 9.17) is 4.52 Å². The molecule has 1 aliphatic carbocycles. The van der Waals surface area contributed by atoms with Crippen LogP contribution in [0.3, 0.4) is 0 Å². The van der Waals surface area contributed by atoms with Gasteiger partial charge in [-0.3, -0.25) is 0 Å². The van der Waals surface area contributed by atoms with Crippen molar-refractivity contribution in [1.29, 1.82) is 0 Å². The van der Waals surface area contributed by atoms with Crippen LogP contribution in [0.4, 0.5) is 0 Å². The maximum atomic E-state index is 11.2. The fourth-order valence-electron chi connectivity index (χ4n) is 3.29. The smallest absolute Gasteiger partial charge is 0.240 e. The first-order chi connectivity index (χ1) is 10.1. The average molecular weight is 329 g/mol. The molecule has 7 heteroatoms. The van der Waals surface area contributed by atoms with Gasteiger partial charge in [-0.1, -0.05) is 38.8 Å². The van der Waals surface area contributed by atoms with E-state index in [-0.39, 0.29) is 17.0 Å². The lowest BCUT2D eigenvalue weighted by Gasteiger charge is -2.40. The number of nitrogens with one attached hydrogen (secondary N) is 1. The number of hydrogen-bond donors (Lipinski definition) is 1. The highest BCUT2D eigenvalue weighted by molar-refractivity contribution is 7.89. The fraction of sp³-hybridized carbons (Fsp3) is 0.867. The molecule has 6 nitrogen and oxygen atoms in total. The summed E-state index contributed by atoms with van der Waals surface area (Å²) in [6, 6.07) is 0.444. The zero-order valence-electron chi connectivity index (χ0n) is 13.9. The maximum absolute atomic E-state index is 11.2. The SMILES string of the molecule is CC(C)(C)[C@H]1CCCC[C@H]1NCc1nc(CS(C)(=O)=O)no1. The number of nitrogens with zero attached hydrogens (tertiary/aromatic N) is 2. The van der Waals surface area contributed by atoms with Crippen LogP contribution in [0, 0.1) is 11.3 Å². The summed E-state index contributed by atoms with van der Waals surface area (Å²) in [5, 5.41) is 7.25. The molecule has 1 N–H and O–H groups in total. The molecular formula is C15H27N3O3S. The Labute approximate surface area is 133 Å². The van der Waals surface area contributed by atoms with Crippen molar-refractivity contribution in [3.8, 4) is 0 Å². The van der Waals surface area contributed by atoms with Gasteiger partial charge in [0, 0.05) is 12.3 Å². The summed E-state index contributed by atoms with van der Waals surface area (Å²) in [4.78, 5) is 4.15. The van der Waals surface area contributed by atoms with Crippen LogP contribution in [0.25, 0.3) is 0 Å². The molecule has 22 heavy (non-hydrogen) atoms. The van der Waals surface area contributed by atoms with Gasteiger partial charge in [0.1, 0.15) is 5.75 Å². The van der Waals surface area contributed by atoms with Gasteiger partial charge in [0.15, 0.2) is 15.7 Å². The first kappa shape index (κ1) is 17.4. The molecule has 0 aliphatic heterocycles. The van der Waals surface area contributed by atoms with Crippen molar-refractivity contribution in [3.63, 3.8) is 0 Å². The largest absolute Gasteiger partial charge is 0.338 e. The van der Waals surface area contributed by atoms with Crippen LogP contribution >= 0.6 is 0 Å². The fourth-order valence-corrected chi connectivity index (χ4v) is 3.87. The normalized spacial score (nSPS) is 23.6. The van der Waals surface area contributed by atoms with Crippen molar-refractivity contribution < 1.29 is 12.9 Å². The second kappa shape index (κ2) is 6.66. The highest BCUT2D eigenvalue weighted by Gasteiger charge is 2.33. The lowest BCUT2D eigenvalue weighted by atomic mass is 9.69. The summed E-state index contributed by atoms with van der Waals surface area (Å²) in [5.74, 6) is 1.14. The third-order valence-corrected chi connectivity index (χ3v) is 5.08. The topological polar surface area (TPSA) is 85.1 Å². The highest BCUT2D eigenvalue weighted by Crippen LogP contribution is 2.38. The number of rotatable bonds is 5. The molecule has 1 saturated carbocycles. The van der Waals surface area contributed by atoms with Crippen LogP contribution < -0.4 is 5.32 Å². The van der Waals surface area contributed by atoms with Gasteiger partial charge in [0.2, 0.25) is 5.89 Å². The van der Waals surface area contributed by atoms with Gasteiger partial charge in [-0.15, -0.1) is 0 Å². The zero-order valence-corrected chi connectivity index (χ0v) is 14.7. The molecule has 0 spiro atoms. The van der Waals surface area contributed by atoms with Gasteiger partial charge >= 0.3 is 0 Å². The lowest BCUT2D eigenvalue weighted by molar-refractivity contribution is 0.127. The molecule has 1 heterocycles. The molecule has 0 radical (unpaired) electrons. The molecule has 1 fully saturated rings. The molecule has 0 unspecified atom stereocenters. The Morgan fingerprint density at radius 1 is 1.27 bits per heavy atom. The second-order valence-electron chi connectivity index (χ2n) is 7.42. The van der Waals surface area contributed by atoms with E-state index in [2.05, 4.69) is 36.2 Å². The molecule has 0 saturated heterocycles. The van der Waals surface area contributed by atoms with Crippen LogP contribution in [0.5, 0.6) is 0 Å². The lowest BCUT2D eigenvalue weighted by Crippen LogP contribution is -2.43. The maximum Gasteiger partial charge on any atom is 0.240 e. The third-order valence-electron chi connectivity index (χ3n) is 4.30. The standard InChI is InChI=1S/C15H27N3O3S/c1-15(2,3)11-7-5-6-8-12(11)16-9-14-17-13(18-21-14)10-22(4,19)20/h11-12,16H,5-10H2,1-4H3/t11-,12+/m0/s1. The van der Waals surface area contributed by atoms with Crippen molar-refractivity contribution in [3.05, 3.63) is 11.7 Å². The molecule has 0 bridgehead atoms. The van der Waals surface area contributed by atoms with Crippen LogP contribution in [0.15, 0.2) is 4.52 Å². The highest BCUT2D eigenvalue weighted by atomic mass is 32.2. The molecule has 0 aromatic carbocycles. The Morgan fingerprint density at radius 2 is 1.95 bits per heavy atom. The minimum Gasteiger partial charge on any atom is -0.338 e. The minimum absolute atomic E-state index is 0.176. The van der Waals surface area contributed by atoms with Crippen molar-refractivity contribution >= 4 is 9.84 Å². The molecule has 1 aromatic rings. The van der Waals surface area contributed by atoms with E-state index in [0.29, 0.717) is 24.4 Å². The molecule has 126 valence electrons. The van der Waals surface area contributed by atoms with Crippen LogP contribution in [-0.4, -0.2) is 30.9 Å². The molecule has 2 rings (SSSR count). The third kappa shape index (κ3) is 5.05. The van der Waals surface area contributed by atoms with Gasteiger partial charge in [-0.05, 0) is 24.2 Å². The van der Waals surface area contributed by atoms with E-state index in [1.807, 2.05) is 0 Å². The summed E-state index contributed by atoms with van der Waals surface area (Å²) in [6.45, 7) is 7.35. The van der Waals surface area contributed by atoms with Crippen LogP contribution in [-0.2, 0) is 22.1 Å². The first-order valence-corrected chi connectivity index (χ1v) is 9.94. The van der Waals surface area contributed by atoms with E-state index in [1.165, 1.54) is 19.3 Å². The Bertz CT molecular complexity index is 589. The van der Waals surface area contributed by atoms with Gasteiger partial charge in [-0.25, -0.2) is 8.42 Å². The van der Waals surface area contributed by atoms with E-state index in [9.17, 15) is 8.42 Å². The van der Waals surface area contributed by atoms with E-state index < -0.39 is 9.84 Å². The number of aromatic nitrogens is 2. The summed E-state index contributed by atoms with van der Waals surface area (Å²) in [7, 11) is -3.13. The van der Waals surface area contributed by atoms with Crippen molar-refractivity contribution in [2.24, 2.45) is 11.3 Å². The van der Waals surface area contributed by atoms with Gasteiger partial charge in [0.25, 0.3) is 0 Å². The van der Waals surface area contributed by atoms with Gasteiger partial charge in [-0.2, -0.15) is 4.98 Å². The summed E-state index contributed by atoms with van der Waals surface area (Å²) in [5.41, 5.74) is 0.272. The number of sulfone groups is 1. The number of hydrogen-bond acceptors (Lipinski definition) is 6. The summed E-state index contributed by atoms with van der Waals surface area (Å²) in [6.07, 6.45) is 6.10. The van der Waals surface area contributed by atoms with E-state index in [0.717, 1.165) is 12.7 Å². The first-order valence-electron chi connectivity index (χ1n) is 7.88. The van der Waals surface area contributed by atoms with Gasteiger partial charge < -0.3 is 9.84 Å². The summed E-state index contributed by atoms with van der Waals surface area (Å²) >= 11 is 0. The predicted octanol–water partition coefficient (Wildman–Crippen LogP) is 2.31. The Morgan fingerprint density at radius 3 is 2.59 bits per heavy atom.